The molecule has 2 N–H and O–H groups in total. The maximum Gasteiger partial charge on any atom is 0.241 e. The van der Waals surface area contributed by atoms with Gasteiger partial charge in [-0.2, -0.15) is 0 Å². The molecule has 0 saturated carbocycles. The number of unbranched alkanes of at least 4 members (excludes halogenated alkanes) is 5. The van der Waals surface area contributed by atoms with Crippen molar-refractivity contribution in [3.8, 4) is 0 Å². The van der Waals surface area contributed by atoms with E-state index in [9.17, 15) is 8.42 Å². The Labute approximate surface area is 133 Å². The van der Waals surface area contributed by atoms with Gasteiger partial charge < -0.3 is 5.32 Å². The van der Waals surface area contributed by atoms with Gasteiger partial charge in [0.1, 0.15) is 0 Å². The Kier molecular flexibility index (Phi) is 9.15. The van der Waals surface area contributed by atoms with Gasteiger partial charge in [0.2, 0.25) is 10.0 Å². The molecule has 4 nitrogen and oxygen atoms in total. The summed E-state index contributed by atoms with van der Waals surface area (Å²) in [6.45, 7) is 6.38. The smallest absolute Gasteiger partial charge is 0.241 e. The molecule has 0 aliphatic rings. The molecule has 6 heteroatoms. The maximum absolute atomic E-state index is 12.1. The van der Waals surface area contributed by atoms with Crippen LogP contribution in [0.5, 0.6) is 0 Å². The lowest BCUT2D eigenvalue weighted by Crippen LogP contribution is -2.24. The second-order valence-electron chi connectivity index (χ2n) is 5.19. The highest BCUT2D eigenvalue weighted by Crippen LogP contribution is 2.19. The first kappa shape index (κ1) is 18.6. The molecule has 1 heterocycles. The van der Waals surface area contributed by atoms with Gasteiger partial charge in [-0.1, -0.05) is 46.0 Å². The minimum absolute atomic E-state index is 0.395. The predicted molar refractivity (Wildman–Crippen MR) is 90.3 cm³/mol. The molecule has 21 heavy (non-hydrogen) atoms. The number of nitrogens with one attached hydrogen (secondary N) is 2. The molecule has 0 bridgehead atoms. The molecule has 0 aliphatic carbocycles. The van der Waals surface area contributed by atoms with Gasteiger partial charge >= 0.3 is 0 Å². The first-order valence-corrected chi connectivity index (χ1v) is 10.2. The van der Waals surface area contributed by atoms with Crippen LogP contribution < -0.4 is 10.0 Å². The summed E-state index contributed by atoms with van der Waals surface area (Å²) in [5.74, 6) is 0. The third-order valence-electron chi connectivity index (χ3n) is 3.31. The molecule has 0 aromatic carbocycles. The molecule has 0 atom stereocenters. The Bertz CT molecular complexity index is 484. The van der Waals surface area contributed by atoms with Crippen LogP contribution in [0.25, 0.3) is 0 Å². The quantitative estimate of drug-likeness (QED) is 0.576. The molecular weight excluding hydrogens is 304 g/mol. The van der Waals surface area contributed by atoms with Crippen LogP contribution in [0, 0.1) is 0 Å². The van der Waals surface area contributed by atoms with E-state index in [0.29, 0.717) is 11.4 Å². The molecule has 0 aliphatic heterocycles. The van der Waals surface area contributed by atoms with Gasteiger partial charge in [-0.25, -0.2) is 13.1 Å². The van der Waals surface area contributed by atoms with Crippen molar-refractivity contribution in [3.63, 3.8) is 0 Å². The summed E-state index contributed by atoms with van der Waals surface area (Å²) in [7, 11) is -3.33. The highest BCUT2D eigenvalue weighted by molar-refractivity contribution is 7.89. The molecule has 1 rings (SSSR count). The average Bonchev–Trinajstić information content (AvgIpc) is 2.94. The molecular formula is C15H28N2O2S2. The van der Waals surface area contributed by atoms with Crippen molar-refractivity contribution in [3.05, 3.63) is 16.3 Å². The largest absolute Gasteiger partial charge is 0.312 e. The zero-order chi connectivity index (χ0) is 15.6. The summed E-state index contributed by atoms with van der Waals surface area (Å²) >= 11 is 1.49. The van der Waals surface area contributed by atoms with Crippen molar-refractivity contribution in [1.29, 1.82) is 0 Å². The predicted octanol–water partition coefficient (Wildman–Crippen LogP) is 3.50. The monoisotopic (exact) mass is 332 g/mol. The zero-order valence-corrected chi connectivity index (χ0v) is 14.8. The molecule has 0 spiro atoms. The lowest BCUT2D eigenvalue weighted by molar-refractivity contribution is 0.568. The normalized spacial score (nSPS) is 11.9. The van der Waals surface area contributed by atoms with Crippen LogP contribution in [0.2, 0.25) is 0 Å². The molecule has 0 saturated heterocycles. The van der Waals surface area contributed by atoms with Gasteiger partial charge in [0.05, 0.1) is 4.90 Å². The minimum Gasteiger partial charge on any atom is -0.312 e. The van der Waals surface area contributed by atoms with Gasteiger partial charge in [0.15, 0.2) is 0 Å². The summed E-state index contributed by atoms with van der Waals surface area (Å²) in [5.41, 5.74) is 0. The molecule has 1 aromatic rings. The maximum atomic E-state index is 12.1. The van der Waals surface area contributed by atoms with Crippen LogP contribution in [-0.4, -0.2) is 21.5 Å². The van der Waals surface area contributed by atoms with Crippen molar-refractivity contribution < 1.29 is 8.42 Å². The van der Waals surface area contributed by atoms with E-state index in [1.54, 1.807) is 11.4 Å². The summed E-state index contributed by atoms with van der Waals surface area (Å²) in [6, 6.07) is 1.76. The summed E-state index contributed by atoms with van der Waals surface area (Å²) in [5, 5.41) is 4.92. The first-order valence-electron chi connectivity index (χ1n) is 7.88. The Balaban J connectivity index is 2.31. The molecule has 0 fully saturated rings. The van der Waals surface area contributed by atoms with Crippen LogP contribution in [-0.2, 0) is 16.6 Å². The van der Waals surface area contributed by atoms with Crippen molar-refractivity contribution in [2.24, 2.45) is 0 Å². The van der Waals surface area contributed by atoms with E-state index < -0.39 is 10.0 Å². The second kappa shape index (κ2) is 10.3. The SMILES string of the molecule is CCCCCCCCNS(=O)(=O)c1csc(CNCC)c1. The summed E-state index contributed by atoms with van der Waals surface area (Å²) in [6.07, 6.45) is 6.97. The number of rotatable bonds is 12. The standard InChI is InChI=1S/C15H28N2O2S2/c1-3-5-6-7-8-9-10-17-21(18,19)15-11-14(20-13-15)12-16-4-2/h11,13,16-17H,3-10,12H2,1-2H3. The highest BCUT2D eigenvalue weighted by atomic mass is 32.2. The number of thiophene rings is 1. The van der Waals surface area contributed by atoms with Gasteiger partial charge in [-0.15, -0.1) is 11.3 Å². The van der Waals surface area contributed by atoms with Crippen molar-refractivity contribution in [2.75, 3.05) is 13.1 Å². The van der Waals surface area contributed by atoms with E-state index in [1.807, 2.05) is 6.92 Å². The zero-order valence-electron chi connectivity index (χ0n) is 13.2. The van der Waals surface area contributed by atoms with Gasteiger partial charge in [0, 0.05) is 23.3 Å². The van der Waals surface area contributed by atoms with Crippen molar-refractivity contribution in [1.82, 2.24) is 10.0 Å². The lowest BCUT2D eigenvalue weighted by Gasteiger charge is -2.05. The third kappa shape index (κ3) is 7.40. The van der Waals surface area contributed by atoms with Crippen LogP contribution in [0.3, 0.4) is 0 Å². The fraction of sp³-hybridized carbons (Fsp3) is 0.733. The van der Waals surface area contributed by atoms with E-state index in [1.165, 1.54) is 37.0 Å². The molecule has 1 aromatic heterocycles. The molecule has 0 radical (unpaired) electrons. The van der Waals surface area contributed by atoms with Crippen LogP contribution >= 0.6 is 11.3 Å². The van der Waals surface area contributed by atoms with Crippen LogP contribution in [0.15, 0.2) is 16.3 Å². The lowest BCUT2D eigenvalue weighted by atomic mass is 10.1. The minimum atomic E-state index is -3.33. The average molecular weight is 333 g/mol. The van der Waals surface area contributed by atoms with E-state index in [2.05, 4.69) is 17.0 Å². The Morgan fingerprint density at radius 1 is 1.10 bits per heavy atom. The van der Waals surface area contributed by atoms with Crippen molar-refractivity contribution in [2.45, 2.75) is 63.8 Å². The molecule has 122 valence electrons. The summed E-state index contributed by atoms with van der Waals surface area (Å²) < 4.78 is 27.0. The van der Waals surface area contributed by atoms with Crippen LogP contribution in [0.1, 0.15) is 57.2 Å². The van der Waals surface area contributed by atoms with E-state index in [0.717, 1.165) is 30.8 Å². The second-order valence-corrected chi connectivity index (χ2v) is 7.96. The highest BCUT2D eigenvalue weighted by Gasteiger charge is 2.15. The fourth-order valence-corrected chi connectivity index (χ4v) is 4.36. The van der Waals surface area contributed by atoms with E-state index >= 15 is 0 Å². The van der Waals surface area contributed by atoms with Gasteiger partial charge in [-0.3, -0.25) is 0 Å². The topological polar surface area (TPSA) is 58.2 Å². The Hall–Kier alpha value is -0.430. The Morgan fingerprint density at radius 2 is 1.81 bits per heavy atom. The molecule has 0 amide bonds. The number of hydrogen-bond donors (Lipinski definition) is 2. The van der Waals surface area contributed by atoms with Gasteiger partial charge in [0.25, 0.3) is 0 Å². The first-order chi connectivity index (χ1) is 10.1. The fourth-order valence-electron chi connectivity index (χ4n) is 2.04. The number of sulfonamides is 1. The molecule has 0 unspecified atom stereocenters. The Morgan fingerprint density at radius 3 is 2.52 bits per heavy atom. The number of hydrogen-bond acceptors (Lipinski definition) is 4. The van der Waals surface area contributed by atoms with E-state index in [4.69, 9.17) is 0 Å². The van der Waals surface area contributed by atoms with Gasteiger partial charge in [-0.05, 0) is 19.0 Å². The van der Waals surface area contributed by atoms with Crippen molar-refractivity contribution >= 4 is 21.4 Å². The summed E-state index contributed by atoms with van der Waals surface area (Å²) in [4.78, 5) is 1.45. The van der Waals surface area contributed by atoms with E-state index in [-0.39, 0.29) is 0 Å². The third-order valence-corrected chi connectivity index (χ3v) is 5.84. The van der Waals surface area contributed by atoms with Crippen LogP contribution in [0.4, 0.5) is 0 Å².